The number of hydrogen-bond donors (Lipinski definition) is 2. The molecule has 0 spiro atoms. The van der Waals surface area contributed by atoms with Crippen molar-refractivity contribution < 1.29 is 14.3 Å². The lowest BCUT2D eigenvalue weighted by molar-refractivity contribution is -0.144. The van der Waals surface area contributed by atoms with E-state index in [9.17, 15) is 9.59 Å². The number of aromatic amines is 1. The molecule has 1 aliphatic heterocycles. The topological polar surface area (TPSA) is 87.3 Å². The number of nitrogens with zero attached hydrogens (tertiary/aromatic N) is 2. The maximum atomic E-state index is 11.9. The molecule has 1 aromatic carbocycles. The zero-order chi connectivity index (χ0) is 18.0. The third-order valence-corrected chi connectivity index (χ3v) is 4.20. The van der Waals surface area contributed by atoms with Crippen LogP contribution in [0.2, 0.25) is 10.0 Å². The number of likely N-dealkylation sites (tertiary alicyclic amines) is 1. The van der Waals surface area contributed by atoms with E-state index in [0.29, 0.717) is 34.6 Å². The highest BCUT2D eigenvalue weighted by Crippen LogP contribution is 2.27. The molecule has 1 saturated heterocycles. The molecule has 0 unspecified atom stereocenters. The summed E-state index contributed by atoms with van der Waals surface area (Å²) in [5.74, 6) is 0.0663. The minimum atomic E-state index is -0.316. The van der Waals surface area contributed by atoms with Gasteiger partial charge in [0, 0.05) is 41.7 Å². The fraction of sp³-hybridized carbons (Fsp3) is 0.312. The van der Waals surface area contributed by atoms with Crippen LogP contribution < -0.4 is 5.32 Å². The largest absolute Gasteiger partial charge is 0.365 e. The Morgan fingerprint density at radius 1 is 1.28 bits per heavy atom. The predicted molar refractivity (Wildman–Crippen MR) is 94.7 cm³/mol. The van der Waals surface area contributed by atoms with Crippen molar-refractivity contribution in [2.75, 3.05) is 25.0 Å². The summed E-state index contributed by atoms with van der Waals surface area (Å²) >= 11 is 12.0. The van der Waals surface area contributed by atoms with E-state index in [1.807, 2.05) is 0 Å². The normalized spacial score (nSPS) is 14.3. The van der Waals surface area contributed by atoms with Gasteiger partial charge in [0.15, 0.2) is 5.82 Å². The highest BCUT2D eigenvalue weighted by atomic mass is 35.5. The van der Waals surface area contributed by atoms with Gasteiger partial charge in [0.05, 0.1) is 11.8 Å². The summed E-state index contributed by atoms with van der Waals surface area (Å²) in [7, 11) is 0. The highest BCUT2D eigenvalue weighted by molar-refractivity contribution is 6.35. The van der Waals surface area contributed by atoms with Crippen LogP contribution in [-0.4, -0.2) is 52.7 Å². The van der Waals surface area contributed by atoms with Crippen molar-refractivity contribution >= 4 is 40.8 Å². The second-order valence-electron chi connectivity index (χ2n) is 5.73. The molecule has 2 aromatic rings. The Hall–Kier alpha value is -2.09. The standard InChI is InChI=1S/C16H16Cl2N4O3/c1-9(23)22-6-13(7-22)25-8-16(24)19-15-5-14(20-21-15)10-2-11(17)4-12(18)3-10/h2-5,13H,6-8H2,1H3,(H2,19,20,21,24). The molecule has 2 N–H and O–H groups in total. The monoisotopic (exact) mass is 382 g/mol. The van der Waals surface area contributed by atoms with Crippen molar-refractivity contribution in [3.63, 3.8) is 0 Å². The average Bonchev–Trinajstić information content (AvgIpc) is 2.92. The summed E-state index contributed by atoms with van der Waals surface area (Å²) in [6.45, 7) is 2.45. The van der Waals surface area contributed by atoms with Crippen LogP contribution in [-0.2, 0) is 14.3 Å². The molecule has 1 aromatic heterocycles. The zero-order valence-corrected chi connectivity index (χ0v) is 14.9. The van der Waals surface area contributed by atoms with Crippen molar-refractivity contribution in [3.8, 4) is 11.3 Å². The van der Waals surface area contributed by atoms with E-state index in [2.05, 4.69) is 15.5 Å². The smallest absolute Gasteiger partial charge is 0.251 e. The van der Waals surface area contributed by atoms with Crippen LogP contribution in [0.4, 0.5) is 5.82 Å². The first-order valence-corrected chi connectivity index (χ1v) is 8.35. The molecule has 0 aliphatic carbocycles. The van der Waals surface area contributed by atoms with Crippen molar-refractivity contribution in [2.45, 2.75) is 13.0 Å². The van der Waals surface area contributed by atoms with Gasteiger partial charge < -0.3 is 15.0 Å². The van der Waals surface area contributed by atoms with Gasteiger partial charge in [-0.05, 0) is 18.2 Å². The lowest BCUT2D eigenvalue weighted by Crippen LogP contribution is -2.54. The number of halogens is 2. The lowest BCUT2D eigenvalue weighted by Gasteiger charge is -2.37. The summed E-state index contributed by atoms with van der Waals surface area (Å²) in [5, 5.41) is 10.5. The molecule has 25 heavy (non-hydrogen) atoms. The van der Waals surface area contributed by atoms with Gasteiger partial charge in [-0.25, -0.2) is 0 Å². The molecule has 2 amide bonds. The van der Waals surface area contributed by atoms with Crippen LogP contribution in [0, 0.1) is 0 Å². The second-order valence-corrected chi connectivity index (χ2v) is 6.60. The van der Waals surface area contributed by atoms with Crippen molar-refractivity contribution in [1.82, 2.24) is 15.1 Å². The number of aromatic nitrogens is 2. The van der Waals surface area contributed by atoms with Crippen molar-refractivity contribution in [3.05, 3.63) is 34.3 Å². The van der Waals surface area contributed by atoms with Gasteiger partial charge in [-0.2, -0.15) is 5.10 Å². The Bertz CT molecular complexity index is 782. The fourth-order valence-electron chi connectivity index (χ4n) is 2.42. The second kappa shape index (κ2) is 7.43. The van der Waals surface area contributed by atoms with Crippen LogP contribution in [0.15, 0.2) is 24.3 Å². The Balaban J connectivity index is 1.51. The molecule has 0 saturated carbocycles. The van der Waals surface area contributed by atoms with Gasteiger partial charge in [-0.15, -0.1) is 0 Å². The van der Waals surface area contributed by atoms with Gasteiger partial charge in [0.2, 0.25) is 5.91 Å². The molecular weight excluding hydrogens is 367 g/mol. The minimum Gasteiger partial charge on any atom is -0.365 e. The maximum Gasteiger partial charge on any atom is 0.251 e. The number of carbonyl (C=O) groups excluding carboxylic acids is 2. The molecule has 2 heterocycles. The van der Waals surface area contributed by atoms with Gasteiger partial charge in [0.25, 0.3) is 5.91 Å². The molecule has 1 aliphatic rings. The zero-order valence-electron chi connectivity index (χ0n) is 13.4. The van der Waals surface area contributed by atoms with Crippen LogP contribution in [0.1, 0.15) is 6.92 Å². The van der Waals surface area contributed by atoms with Gasteiger partial charge in [0.1, 0.15) is 6.61 Å². The molecular formula is C16H16Cl2N4O3. The van der Waals surface area contributed by atoms with Crippen LogP contribution in [0.5, 0.6) is 0 Å². The first kappa shape index (κ1) is 17.7. The molecule has 3 rings (SSSR count). The number of H-pyrrole nitrogens is 1. The molecule has 0 bridgehead atoms. The number of rotatable bonds is 5. The average molecular weight is 383 g/mol. The van der Waals surface area contributed by atoms with E-state index in [0.717, 1.165) is 5.56 Å². The number of amides is 2. The molecule has 132 valence electrons. The summed E-state index contributed by atoms with van der Waals surface area (Å²) in [4.78, 5) is 24.6. The van der Waals surface area contributed by atoms with E-state index in [1.54, 1.807) is 29.2 Å². The van der Waals surface area contributed by atoms with Gasteiger partial charge in [-0.1, -0.05) is 23.2 Å². The number of hydrogen-bond acceptors (Lipinski definition) is 4. The SMILES string of the molecule is CC(=O)N1CC(OCC(=O)Nc2cc(-c3cc(Cl)cc(Cl)c3)[nH]n2)C1. The van der Waals surface area contributed by atoms with E-state index >= 15 is 0 Å². The number of anilines is 1. The summed E-state index contributed by atoms with van der Waals surface area (Å²) in [6.07, 6.45) is -0.0991. The highest BCUT2D eigenvalue weighted by Gasteiger charge is 2.29. The van der Waals surface area contributed by atoms with Gasteiger partial charge >= 0.3 is 0 Å². The van der Waals surface area contributed by atoms with E-state index in [-0.39, 0.29) is 24.5 Å². The molecule has 0 radical (unpaired) electrons. The number of nitrogens with one attached hydrogen (secondary N) is 2. The number of ether oxygens (including phenoxy) is 1. The molecule has 9 heteroatoms. The fourth-order valence-corrected chi connectivity index (χ4v) is 2.94. The Labute approximate surface area is 154 Å². The van der Waals surface area contributed by atoms with Crippen LogP contribution >= 0.6 is 23.2 Å². The Morgan fingerprint density at radius 3 is 2.60 bits per heavy atom. The Morgan fingerprint density at radius 2 is 1.96 bits per heavy atom. The summed E-state index contributed by atoms with van der Waals surface area (Å²) in [6, 6.07) is 6.80. The Kier molecular flexibility index (Phi) is 5.27. The molecule has 1 fully saturated rings. The summed E-state index contributed by atoms with van der Waals surface area (Å²) in [5.41, 5.74) is 1.44. The molecule has 7 nitrogen and oxygen atoms in total. The van der Waals surface area contributed by atoms with E-state index in [1.165, 1.54) is 6.92 Å². The van der Waals surface area contributed by atoms with E-state index in [4.69, 9.17) is 27.9 Å². The predicted octanol–water partition coefficient (Wildman–Crippen LogP) is 2.57. The minimum absolute atomic E-state index is 0.00877. The van der Waals surface area contributed by atoms with E-state index < -0.39 is 0 Å². The molecule has 0 atom stereocenters. The first-order chi connectivity index (χ1) is 11.9. The number of benzene rings is 1. The third kappa shape index (κ3) is 4.50. The van der Waals surface area contributed by atoms with Gasteiger partial charge in [-0.3, -0.25) is 14.7 Å². The third-order valence-electron chi connectivity index (χ3n) is 3.76. The van der Waals surface area contributed by atoms with Crippen LogP contribution in [0.3, 0.4) is 0 Å². The van der Waals surface area contributed by atoms with Crippen molar-refractivity contribution in [1.29, 1.82) is 0 Å². The van der Waals surface area contributed by atoms with Crippen LogP contribution in [0.25, 0.3) is 11.3 Å². The summed E-state index contributed by atoms with van der Waals surface area (Å²) < 4.78 is 5.44. The lowest BCUT2D eigenvalue weighted by atomic mass is 10.1. The van der Waals surface area contributed by atoms with Crippen molar-refractivity contribution in [2.24, 2.45) is 0 Å². The maximum absolute atomic E-state index is 11.9. The quantitative estimate of drug-likeness (QED) is 0.831. The number of carbonyl (C=O) groups is 2. The first-order valence-electron chi connectivity index (χ1n) is 7.59.